The van der Waals surface area contributed by atoms with Crippen LogP contribution in [-0.2, 0) is 0 Å². The normalized spacial score (nSPS) is 21.0. The highest BCUT2D eigenvalue weighted by molar-refractivity contribution is 5.24. The van der Waals surface area contributed by atoms with Gasteiger partial charge in [-0.3, -0.25) is 5.10 Å². The summed E-state index contributed by atoms with van der Waals surface area (Å²) in [6, 6.07) is 10.1. The lowest BCUT2D eigenvalue weighted by molar-refractivity contribution is -0.0255. The molecule has 1 saturated carbocycles. The molecule has 23 heavy (non-hydrogen) atoms. The third-order valence-electron chi connectivity index (χ3n) is 5.01. The smallest absolute Gasteiger partial charge is 0.145 e. The second kappa shape index (κ2) is 6.42. The number of benzene rings is 1. The zero-order valence-corrected chi connectivity index (χ0v) is 13.9. The standard InChI is InChI=1S/C18H26N4O/c1-17(2)8-10-18(23,11-9-17)12-19-15(16-20-13-21-22-16)14-6-4-3-5-7-14/h3-7,13,15,19,23H,8-12H2,1-2H3,(H,20,21,22). The van der Waals surface area contributed by atoms with Crippen molar-refractivity contribution in [2.45, 2.75) is 51.2 Å². The van der Waals surface area contributed by atoms with E-state index in [0.717, 1.165) is 37.1 Å². The molecule has 0 aliphatic heterocycles. The van der Waals surface area contributed by atoms with Crippen molar-refractivity contribution in [2.24, 2.45) is 5.41 Å². The molecule has 3 rings (SSSR count). The van der Waals surface area contributed by atoms with Crippen LogP contribution in [0.1, 0.15) is 57.0 Å². The SMILES string of the molecule is CC1(C)CCC(O)(CNC(c2ccccc2)c2ncn[nH]2)CC1. The molecule has 1 atom stereocenters. The Hall–Kier alpha value is -1.72. The highest BCUT2D eigenvalue weighted by Crippen LogP contribution is 2.40. The number of H-pyrrole nitrogens is 1. The Labute approximate surface area is 137 Å². The molecule has 0 saturated heterocycles. The lowest BCUT2D eigenvalue weighted by Crippen LogP contribution is -2.46. The summed E-state index contributed by atoms with van der Waals surface area (Å²) in [5, 5.41) is 21.3. The van der Waals surface area contributed by atoms with E-state index < -0.39 is 5.60 Å². The fourth-order valence-electron chi connectivity index (χ4n) is 3.23. The Morgan fingerprint density at radius 2 is 1.87 bits per heavy atom. The summed E-state index contributed by atoms with van der Waals surface area (Å²) in [5.74, 6) is 0.774. The van der Waals surface area contributed by atoms with Crippen LogP contribution in [-0.4, -0.2) is 32.4 Å². The molecular formula is C18H26N4O. The van der Waals surface area contributed by atoms with Gasteiger partial charge in [-0.05, 0) is 36.7 Å². The summed E-state index contributed by atoms with van der Waals surface area (Å²) in [6.45, 7) is 5.12. The molecule has 1 aliphatic rings. The first-order chi connectivity index (χ1) is 11.0. The van der Waals surface area contributed by atoms with Crippen molar-refractivity contribution < 1.29 is 5.11 Å². The first-order valence-electron chi connectivity index (χ1n) is 8.34. The second-order valence-corrected chi connectivity index (χ2v) is 7.48. The van der Waals surface area contributed by atoms with Crippen molar-refractivity contribution in [2.75, 3.05) is 6.54 Å². The van der Waals surface area contributed by atoms with Crippen LogP contribution in [0.15, 0.2) is 36.7 Å². The minimum absolute atomic E-state index is 0.0855. The van der Waals surface area contributed by atoms with Gasteiger partial charge in [-0.2, -0.15) is 5.10 Å². The Morgan fingerprint density at radius 3 is 2.48 bits per heavy atom. The zero-order chi connectivity index (χ0) is 16.3. The minimum atomic E-state index is -0.636. The molecular weight excluding hydrogens is 288 g/mol. The van der Waals surface area contributed by atoms with Crippen molar-refractivity contribution in [1.29, 1.82) is 0 Å². The molecule has 5 nitrogen and oxygen atoms in total. The number of hydrogen-bond donors (Lipinski definition) is 3. The number of nitrogens with zero attached hydrogens (tertiary/aromatic N) is 2. The molecule has 1 aliphatic carbocycles. The number of aliphatic hydroxyl groups is 1. The van der Waals surface area contributed by atoms with Gasteiger partial charge in [0, 0.05) is 6.54 Å². The fourth-order valence-corrected chi connectivity index (χ4v) is 3.23. The van der Waals surface area contributed by atoms with Crippen LogP contribution in [0.4, 0.5) is 0 Å². The van der Waals surface area contributed by atoms with E-state index in [1.807, 2.05) is 18.2 Å². The first kappa shape index (κ1) is 16.1. The highest BCUT2D eigenvalue weighted by atomic mass is 16.3. The average molecular weight is 314 g/mol. The third kappa shape index (κ3) is 3.98. The quantitative estimate of drug-likeness (QED) is 0.793. The van der Waals surface area contributed by atoms with Crippen molar-refractivity contribution in [3.05, 3.63) is 48.0 Å². The van der Waals surface area contributed by atoms with Gasteiger partial charge in [0.15, 0.2) is 0 Å². The number of hydrogen-bond acceptors (Lipinski definition) is 4. The van der Waals surface area contributed by atoms with Crippen LogP contribution in [0.25, 0.3) is 0 Å². The number of aromatic amines is 1. The largest absolute Gasteiger partial charge is 0.389 e. The van der Waals surface area contributed by atoms with Crippen LogP contribution in [0.5, 0.6) is 0 Å². The molecule has 5 heteroatoms. The van der Waals surface area contributed by atoms with E-state index in [1.165, 1.54) is 6.33 Å². The van der Waals surface area contributed by atoms with E-state index in [2.05, 4.69) is 46.5 Å². The maximum atomic E-state index is 10.9. The minimum Gasteiger partial charge on any atom is -0.389 e. The summed E-state index contributed by atoms with van der Waals surface area (Å²) >= 11 is 0. The van der Waals surface area contributed by atoms with Crippen LogP contribution < -0.4 is 5.32 Å². The topological polar surface area (TPSA) is 73.8 Å². The predicted octanol–water partition coefficient (Wildman–Crippen LogP) is 2.82. The zero-order valence-electron chi connectivity index (χ0n) is 13.9. The van der Waals surface area contributed by atoms with Gasteiger partial charge in [0.2, 0.25) is 0 Å². The molecule has 3 N–H and O–H groups in total. The molecule has 1 unspecified atom stereocenters. The number of rotatable bonds is 5. The van der Waals surface area contributed by atoms with Crippen LogP contribution >= 0.6 is 0 Å². The fraction of sp³-hybridized carbons (Fsp3) is 0.556. The Balaban J connectivity index is 1.70. The van der Waals surface area contributed by atoms with Crippen LogP contribution in [0.2, 0.25) is 0 Å². The van der Waals surface area contributed by atoms with E-state index in [-0.39, 0.29) is 6.04 Å². The van der Waals surface area contributed by atoms with Crippen LogP contribution in [0.3, 0.4) is 0 Å². The van der Waals surface area contributed by atoms with E-state index in [0.29, 0.717) is 12.0 Å². The summed E-state index contributed by atoms with van der Waals surface area (Å²) in [7, 11) is 0. The van der Waals surface area contributed by atoms with E-state index in [4.69, 9.17) is 0 Å². The summed E-state index contributed by atoms with van der Waals surface area (Å²) < 4.78 is 0. The molecule has 1 aromatic carbocycles. The molecule has 0 spiro atoms. The van der Waals surface area contributed by atoms with Gasteiger partial charge in [0.25, 0.3) is 0 Å². The third-order valence-corrected chi connectivity index (χ3v) is 5.01. The maximum absolute atomic E-state index is 10.9. The highest BCUT2D eigenvalue weighted by Gasteiger charge is 2.37. The van der Waals surface area contributed by atoms with Crippen LogP contribution in [0, 0.1) is 5.41 Å². The number of aromatic nitrogens is 3. The van der Waals surface area contributed by atoms with Gasteiger partial charge >= 0.3 is 0 Å². The van der Waals surface area contributed by atoms with Crippen molar-refractivity contribution in [1.82, 2.24) is 20.5 Å². The molecule has 124 valence electrons. The summed E-state index contributed by atoms with van der Waals surface area (Å²) in [4.78, 5) is 4.29. The monoisotopic (exact) mass is 314 g/mol. The molecule has 1 fully saturated rings. The Bertz CT molecular complexity index is 599. The average Bonchev–Trinajstić information content (AvgIpc) is 3.06. The first-order valence-corrected chi connectivity index (χ1v) is 8.34. The van der Waals surface area contributed by atoms with E-state index in [1.54, 1.807) is 0 Å². The van der Waals surface area contributed by atoms with E-state index >= 15 is 0 Å². The Kier molecular flexibility index (Phi) is 4.50. The molecule has 0 radical (unpaired) electrons. The molecule has 1 heterocycles. The van der Waals surface area contributed by atoms with Gasteiger partial charge in [-0.1, -0.05) is 44.2 Å². The van der Waals surface area contributed by atoms with Gasteiger partial charge in [-0.15, -0.1) is 0 Å². The summed E-state index contributed by atoms with van der Waals surface area (Å²) in [6.07, 6.45) is 5.31. The van der Waals surface area contributed by atoms with Crippen molar-refractivity contribution in [3.8, 4) is 0 Å². The van der Waals surface area contributed by atoms with Gasteiger partial charge in [-0.25, -0.2) is 4.98 Å². The summed E-state index contributed by atoms with van der Waals surface area (Å²) in [5.41, 5.74) is 0.822. The lowest BCUT2D eigenvalue weighted by Gasteiger charge is -2.41. The molecule has 0 amide bonds. The van der Waals surface area contributed by atoms with Gasteiger partial charge < -0.3 is 10.4 Å². The second-order valence-electron chi connectivity index (χ2n) is 7.48. The maximum Gasteiger partial charge on any atom is 0.145 e. The predicted molar refractivity (Wildman–Crippen MR) is 89.9 cm³/mol. The molecule has 1 aromatic heterocycles. The van der Waals surface area contributed by atoms with E-state index in [9.17, 15) is 5.11 Å². The number of nitrogens with one attached hydrogen (secondary N) is 2. The molecule has 0 bridgehead atoms. The van der Waals surface area contributed by atoms with Crippen molar-refractivity contribution in [3.63, 3.8) is 0 Å². The van der Waals surface area contributed by atoms with Crippen molar-refractivity contribution >= 4 is 0 Å². The van der Waals surface area contributed by atoms with Gasteiger partial charge in [0.05, 0.1) is 11.6 Å². The van der Waals surface area contributed by atoms with Gasteiger partial charge in [0.1, 0.15) is 12.2 Å². The molecule has 2 aromatic rings. The Morgan fingerprint density at radius 1 is 1.17 bits per heavy atom. The lowest BCUT2D eigenvalue weighted by atomic mass is 9.71.